The molecular weight excluding hydrogens is 352 g/mol. The Balaban J connectivity index is 1.42. The van der Waals surface area contributed by atoms with Gasteiger partial charge in [0.05, 0.1) is 29.9 Å². The molecule has 1 aliphatic heterocycles. The van der Waals surface area contributed by atoms with Crippen molar-refractivity contribution in [2.75, 3.05) is 25.5 Å². The van der Waals surface area contributed by atoms with E-state index in [0.29, 0.717) is 24.4 Å². The monoisotopic (exact) mass is 374 g/mol. The van der Waals surface area contributed by atoms with Crippen molar-refractivity contribution in [2.45, 2.75) is 19.0 Å². The van der Waals surface area contributed by atoms with E-state index < -0.39 is 0 Å². The lowest BCUT2D eigenvalue weighted by atomic mass is 10.1. The number of benzene rings is 1. The zero-order valence-electron chi connectivity index (χ0n) is 15.7. The maximum absolute atomic E-state index is 13.1. The van der Waals surface area contributed by atoms with Gasteiger partial charge in [0, 0.05) is 43.0 Å². The summed E-state index contributed by atoms with van der Waals surface area (Å²) in [6.07, 6.45) is 6.41. The van der Waals surface area contributed by atoms with Gasteiger partial charge in [0.25, 0.3) is 5.56 Å². The minimum absolute atomic E-state index is 0.0583. The van der Waals surface area contributed by atoms with Gasteiger partial charge in [-0.1, -0.05) is 18.2 Å². The molecule has 1 N–H and O–H groups in total. The van der Waals surface area contributed by atoms with Gasteiger partial charge in [-0.25, -0.2) is 9.67 Å². The van der Waals surface area contributed by atoms with Crippen molar-refractivity contribution in [1.82, 2.24) is 24.1 Å². The summed E-state index contributed by atoms with van der Waals surface area (Å²) < 4.78 is 3.54. The predicted molar refractivity (Wildman–Crippen MR) is 110 cm³/mol. The number of aryl methyl sites for hydroxylation is 2. The summed E-state index contributed by atoms with van der Waals surface area (Å²) in [5, 5.41) is 9.47. The van der Waals surface area contributed by atoms with Gasteiger partial charge < -0.3 is 14.6 Å². The van der Waals surface area contributed by atoms with Gasteiger partial charge in [-0.2, -0.15) is 5.10 Å². The van der Waals surface area contributed by atoms with Gasteiger partial charge in [0.15, 0.2) is 0 Å². The van der Waals surface area contributed by atoms with E-state index in [1.165, 1.54) is 0 Å². The molecule has 7 heteroatoms. The average molecular weight is 374 g/mol. The number of likely N-dealkylation sites (tertiary alicyclic amines) is 1. The summed E-state index contributed by atoms with van der Waals surface area (Å²) in [4.78, 5) is 20.0. The number of nitrogens with zero attached hydrogens (tertiary/aromatic N) is 5. The van der Waals surface area contributed by atoms with Crippen LogP contribution in [0.1, 0.15) is 5.69 Å². The first-order valence-electron chi connectivity index (χ1n) is 9.54. The molecule has 4 aromatic rings. The van der Waals surface area contributed by atoms with E-state index in [4.69, 9.17) is 0 Å². The average Bonchev–Trinajstić information content (AvgIpc) is 3.09. The minimum Gasteiger partial charge on any atom is -0.379 e. The van der Waals surface area contributed by atoms with Crippen molar-refractivity contribution >= 4 is 22.1 Å². The molecule has 0 bridgehead atoms. The van der Waals surface area contributed by atoms with Crippen molar-refractivity contribution in [1.29, 1.82) is 0 Å². The molecule has 0 spiro atoms. The van der Waals surface area contributed by atoms with E-state index in [-0.39, 0.29) is 5.56 Å². The van der Waals surface area contributed by atoms with Crippen molar-refractivity contribution < 1.29 is 0 Å². The van der Waals surface area contributed by atoms with Crippen LogP contribution in [0, 0.1) is 0 Å². The number of pyridine rings is 1. The summed E-state index contributed by atoms with van der Waals surface area (Å²) in [7, 11) is 2.09. The standard InChI is InChI=1S/C21H22N6O/c1-25-12-17(13-25)23-18-6-4-5-15-11-22-27(21(28)20(15)18)10-8-16-14-26-9-3-2-7-19(26)24-16/h2-7,9,11,14,17,23H,8,10,12-13H2,1H3. The molecule has 0 amide bonds. The second-order valence-corrected chi connectivity index (χ2v) is 7.45. The minimum atomic E-state index is -0.0583. The molecule has 5 rings (SSSR count). The summed E-state index contributed by atoms with van der Waals surface area (Å²) in [5.41, 5.74) is 2.69. The Morgan fingerprint density at radius 3 is 2.89 bits per heavy atom. The van der Waals surface area contributed by atoms with Gasteiger partial charge in [0.2, 0.25) is 0 Å². The highest BCUT2D eigenvalue weighted by atomic mass is 16.1. The van der Waals surface area contributed by atoms with E-state index in [1.54, 1.807) is 10.9 Å². The Morgan fingerprint density at radius 1 is 1.18 bits per heavy atom. The van der Waals surface area contributed by atoms with Crippen LogP contribution in [0.25, 0.3) is 16.4 Å². The molecule has 0 unspecified atom stereocenters. The summed E-state index contributed by atoms with van der Waals surface area (Å²) >= 11 is 0. The molecule has 28 heavy (non-hydrogen) atoms. The Hall–Kier alpha value is -3.19. The number of rotatable bonds is 5. The van der Waals surface area contributed by atoms with Crippen molar-refractivity contribution in [3.05, 3.63) is 71.0 Å². The van der Waals surface area contributed by atoms with Crippen molar-refractivity contribution in [2.24, 2.45) is 0 Å². The van der Waals surface area contributed by atoms with Crippen LogP contribution in [0.2, 0.25) is 0 Å². The molecule has 142 valence electrons. The number of fused-ring (bicyclic) bond motifs is 2. The smallest absolute Gasteiger partial charge is 0.276 e. The summed E-state index contributed by atoms with van der Waals surface area (Å²) in [6, 6.07) is 12.2. The summed E-state index contributed by atoms with van der Waals surface area (Å²) in [6.45, 7) is 2.48. The van der Waals surface area contributed by atoms with Crippen LogP contribution >= 0.6 is 0 Å². The number of likely N-dealkylation sites (N-methyl/N-ethyl adjacent to an activating group) is 1. The van der Waals surface area contributed by atoms with Gasteiger partial charge >= 0.3 is 0 Å². The maximum Gasteiger partial charge on any atom is 0.276 e. The zero-order chi connectivity index (χ0) is 19.1. The Labute approximate surface area is 162 Å². The first-order valence-corrected chi connectivity index (χ1v) is 9.54. The summed E-state index contributed by atoms with van der Waals surface area (Å²) in [5.74, 6) is 0. The van der Waals surface area contributed by atoms with E-state index in [0.717, 1.165) is 35.5 Å². The van der Waals surface area contributed by atoms with E-state index >= 15 is 0 Å². The van der Waals surface area contributed by atoms with Crippen LogP contribution in [-0.2, 0) is 13.0 Å². The van der Waals surface area contributed by atoms with Crippen molar-refractivity contribution in [3.8, 4) is 0 Å². The molecule has 4 heterocycles. The fourth-order valence-electron chi connectivity index (χ4n) is 3.85. The molecule has 0 aliphatic carbocycles. The van der Waals surface area contributed by atoms with E-state index in [9.17, 15) is 4.79 Å². The van der Waals surface area contributed by atoms with E-state index in [2.05, 4.69) is 27.3 Å². The van der Waals surface area contributed by atoms with Crippen LogP contribution < -0.4 is 10.9 Å². The molecule has 1 aliphatic rings. The molecule has 7 nitrogen and oxygen atoms in total. The number of aromatic nitrogens is 4. The van der Waals surface area contributed by atoms with Crippen LogP contribution in [0.5, 0.6) is 0 Å². The molecule has 1 aromatic carbocycles. The lowest BCUT2D eigenvalue weighted by Crippen LogP contribution is -2.52. The molecule has 0 radical (unpaired) electrons. The molecule has 0 atom stereocenters. The SMILES string of the molecule is CN1CC(Nc2cccc3cnn(CCc4cn5ccccc5n4)c(=O)c23)C1. The third kappa shape index (κ3) is 3.03. The first-order chi connectivity index (χ1) is 13.7. The fourth-order valence-corrected chi connectivity index (χ4v) is 3.85. The molecular formula is C21H22N6O. The highest BCUT2D eigenvalue weighted by molar-refractivity contribution is 5.92. The number of hydrogen-bond acceptors (Lipinski definition) is 5. The van der Waals surface area contributed by atoms with Crippen LogP contribution in [-0.4, -0.2) is 50.2 Å². The number of nitrogens with one attached hydrogen (secondary N) is 1. The first kappa shape index (κ1) is 16.9. The number of hydrogen-bond donors (Lipinski definition) is 1. The van der Waals surface area contributed by atoms with Gasteiger partial charge in [-0.3, -0.25) is 4.79 Å². The van der Waals surface area contributed by atoms with E-state index in [1.807, 2.05) is 53.2 Å². The molecule has 1 fully saturated rings. The quantitative estimate of drug-likeness (QED) is 0.579. The Kier molecular flexibility index (Phi) is 4.09. The topological polar surface area (TPSA) is 67.5 Å². The van der Waals surface area contributed by atoms with Gasteiger partial charge in [-0.15, -0.1) is 0 Å². The largest absolute Gasteiger partial charge is 0.379 e. The number of imidazole rings is 1. The third-order valence-electron chi connectivity index (χ3n) is 5.30. The molecule has 1 saturated heterocycles. The second-order valence-electron chi connectivity index (χ2n) is 7.45. The third-order valence-corrected chi connectivity index (χ3v) is 5.30. The number of anilines is 1. The van der Waals surface area contributed by atoms with Gasteiger partial charge in [-0.05, 0) is 25.2 Å². The molecule has 3 aromatic heterocycles. The van der Waals surface area contributed by atoms with Crippen LogP contribution in [0.3, 0.4) is 0 Å². The maximum atomic E-state index is 13.1. The zero-order valence-corrected chi connectivity index (χ0v) is 15.7. The van der Waals surface area contributed by atoms with Crippen molar-refractivity contribution in [3.63, 3.8) is 0 Å². The lowest BCUT2D eigenvalue weighted by molar-refractivity contribution is 0.205. The second kappa shape index (κ2) is 6.76. The Bertz CT molecular complexity index is 1170. The normalized spacial score (nSPS) is 15.2. The highest BCUT2D eigenvalue weighted by Crippen LogP contribution is 2.22. The fraction of sp³-hybridized carbons (Fsp3) is 0.286. The lowest BCUT2D eigenvalue weighted by Gasteiger charge is -2.37. The van der Waals surface area contributed by atoms with Crippen LogP contribution in [0.4, 0.5) is 5.69 Å². The predicted octanol–water partition coefficient (Wildman–Crippen LogP) is 2.01. The highest BCUT2D eigenvalue weighted by Gasteiger charge is 2.23. The molecule has 0 saturated carbocycles. The Morgan fingerprint density at radius 2 is 2.07 bits per heavy atom. The van der Waals surface area contributed by atoms with Gasteiger partial charge in [0.1, 0.15) is 5.65 Å². The van der Waals surface area contributed by atoms with Crippen LogP contribution in [0.15, 0.2) is 59.8 Å².